The predicted molar refractivity (Wildman–Crippen MR) is 40.7 cm³/mol. The zero-order valence-electron chi connectivity index (χ0n) is 6.87. The van der Waals surface area contributed by atoms with Crippen molar-refractivity contribution in [3.05, 3.63) is 0 Å². The largest absolute Gasteiger partial charge is 0.391 e. The quantitative estimate of drug-likeness (QED) is 0.594. The molecule has 0 saturated carbocycles. The minimum absolute atomic E-state index is 0.0320. The van der Waals surface area contributed by atoms with Crippen LogP contribution in [0, 0.1) is 0 Å². The van der Waals surface area contributed by atoms with Gasteiger partial charge in [0.05, 0.1) is 18.3 Å². The molecule has 3 nitrogen and oxygen atoms in total. The zero-order valence-corrected chi connectivity index (χ0v) is 6.87. The molecule has 3 unspecified atom stereocenters. The second kappa shape index (κ2) is 4.66. The Morgan fingerprint density at radius 3 is 2.20 bits per heavy atom. The molecular formula is C7H17NO2. The van der Waals surface area contributed by atoms with E-state index in [0.29, 0.717) is 6.54 Å². The molecule has 0 aliphatic heterocycles. The van der Waals surface area contributed by atoms with E-state index in [4.69, 9.17) is 15.6 Å². The maximum atomic E-state index is 9.00. The van der Waals surface area contributed by atoms with E-state index in [-0.39, 0.29) is 12.2 Å². The van der Waals surface area contributed by atoms with Crippen molar-refractivity contribution in [2.45, 2.75) is 39.1 Å². The Bertz CT molecular complexity index is 85.7. The van der Waals surface area contributed by atoms with Crippen LogP contribution in [-0.2, 0) is 4.74 Å². The van der Waals surface area contributed by atoms with E-state index in [1.165, 1.54) is 0 Å². The number of rotatable bonds is 4. The van der Waals surface area contributed by atoms with Crippen LogP contribution in [0.2, 0.25) is 0 Å². The van der Waals surface area contributed by atoms with Crippen LogP contribution in [0.15, 0.2) is 0 Å². The molecule has 0 radical (unpaired) electrons. The van der Waals surface area contributed by atoms with Crippen molar-refractivity contribution in [1.82, 2.24) is 0 Å². The molecule has 0 aromatic heterocycles. The van der Waals surface area contributed by atoms with Gasteiger partial charge in [0.25, 0.3) is 0 Å². The Kier molecular flexibility index (Phi) is 4.60. The van der Waals surface area contributed by atoms with Crippen LogP contribution in [0.5, 0.6) is 0 Å². The summed E-state index contributed by atoms with van der Waals surface area (Å²) in [6.45, 7) is 5.92. The average Bonchev–Trinajstić information content (AvgIpc) is 1.87. The summed E-state index contributed by atoms with van der Waals surface area (Å²) >= 11 is 0. The number of ether oxygens (including phenoxy) is 1. The highest BCUT2D eigenvalue weighted by Crippen LogP contribution is 2.00. The molecule has 3 atom stereocenters. The summed E-state index contributed by atoms with van der Waals surface area (Å²) in [4.78, 5) is 0. The minimum atomic E-state index is -0.422. The molecule has 62 valence electrons. The molecule has 0 amide bonds. The lowest BCUT2D eigenvalue weighted by molar-refractivity contribution is -0.0507. The number of aliphatic hydroxyl groups is 1. The lowest BCUT2D eigenvalue weighted by atomic mass is 10.2. The van der Waals surface area contributed by atoms with Gasteiger partial charge in [-0.3, -0.25) is 0 Å². The Labute approximate surface area is 62.2 Å². The molecule has 0 heterocycles. The van der Waals surface area contributed by atoms with Gasteiger partial charge in [-0.05, 0) is 20.8 Å². The molecule has 0 bridgehead atoms. The molecular weight excluding hydrogens is 130 g/mol. The molecule has 0 aromatic carbocycles. The first kappa shape index (κ1) is 9.88. The van der Waals surface area contributed by atoms with E-state index in [1.54, 1.807) is 6.92 Å². The van der Waals surface area contributed by atoms with Crippen molar-refractivity contribution in [3.8, 4) is 0 Å². The van der Waals surface area contributed by atoms with Crippen LogP contribution >= 0.6 is 0 Å². The third kappa shape index (κ3) is 3.82. The van der Waals surface area contributed by atoms with Gasteiger partial charge in [0.2, 0.25) is 0 Å². The molecule has 0 aliphatic carbocycles. The fraction of sp³-hybridized carbons (Fsp3) is 1.00. The van der Waals surface area contributed by atoms with Crippen LogP contribution < -0.4 is 5.73 Å². The maximum Gasteiger partial charge on any atom is 0.0807 e. The smallest absolute Gasteiger partial charge is 0.0807 e. The van der Waals surface area contributed by atoms with Crippen LogP contribution in [-0.4, -0.2) is 30.0 Å². The fourth-order valence-electron chi connectivity index (χ4n) is 0.536. The fourth-order valence-corrected chi connectivity index (χ4v) is 0.536. The van der Waals surface area contributed by atoms with E-state index in [2.05, 4.69) is 0 Å². The van der Waals surface area contributed by atoms with Crippen molar-refractivity contribution in [3.63, 3.8) is 0 Å². The first-order chi connectivity index (χ1) is 4.57. The molecule has 0 saturated heterocycles. The number of hydrogen-bond acceptors (Lipinski definition) is 3. The van der Waals surface area contributed by atoms with E-state index < -0.39 is 6.10 Å². The predicted octanol–water partition coefficient (Wildman–Crippen LogP) is 0.119. The minimum Gasteiger partial charge on any atom is -0.391 e. The monoisotopic (exact) mass is 147 g/mol. The van der Waals surface area contributed by atoms with Gasteiger partial charge in [-0.25, -0.2) is 0 Å². The lowest BCUT2D eigenvalue weighted by Crippen LogP contribution is -2.30. The summed E-state index contributed by atoms with van der Waals surface area (Å²) in [6.07, 6.45) is -0.517. The van der Waals surface area contributed by atoms with Crippen LogP contribution in [0.3, 0.4) is 0 Å². The van der Waals surface area contributed by atoms with Crippen LogP contribution in [0.1, 0.15) is 20.8 Å². The van der Waals surface area contributed by atoms with Gasteiger partial charge in [0.15, 0.2) is 0 Å². The summed E-state index contributed by atoms with van der Waals surface area (Å²) in [7, 11) is 0. The molecule has 0 rings (SSSR count). The topological polar surface area (TPSA) is 55.5 Å². The third-order valence-electron chi connectivity index (χ3n) is 1.46. The van der Waals surface area contributed by atoms with Gasteiger partial charge in [0, 0.05) is 6.54 Å². The summed E-state index contributed by atoms with van der Waals surface area (Å²) in [5, 5.41) is 9.00. The first-order valence-corrected chi connectivity index (χ1v) is 3.61. The lowest BCUT2D eigenvalue weighted by Gasteiger charge is -2.19. The highest BCUT2D eigenvalue weighted by molar-refractivity contribution is 4.60. The first-order valence-electron chi connectivity index (χ1n) is 3.61. The Balaban J connectivity index is 3.46. The number of nitrogens with two attached hydrogens (primary N) is 1. The van der Waals surface area contributed by atoms with E-state index >= 15 is 0 Å². The van der Waals surface area contributed by atoms with Crippen molar-refractivity contribution in [2.75, 3.05) is 6.54 Å². The molecule has 10 heavy (non-hydrogen) atoms. The summed E-state index contributed by atoms with van der Waals surface area (Å²) in [6, 6.07) is 0. The Morgan fingerprint density at radius 2 is 1.90 bits per heavy atom. The molecule has 0 aromatic rings. The highest BCUT2D eigenvalue weighted by atomic mass is 16.5. The molecule has 3 N–H and O–H groups in total. The molecule has 0 fully saturated rings. The normalized spacial score (nSPS) is 20.1. The van der Waals surface area contributed by atoms with Gasteiger partial charge in [-0.1, -0.05) is 0 Å². The summed E-state index contributed by atoms with van der Waals surface area (Å²) in [5.74, 6) is 0. The number of hydrogen-bond donors (Lipinski definition) is 2. The van der Waals surface area contributed by atoms with Gasteiger partial charge in [0.1, 0.15) is 0 Å². The molecule has 0 spiro atoms. The average molecular weight is 147 g/mol. The SMILES string of the molecule is CC(CN)OC(C)C(C)O. The maximum absolute atomic E-state index is 9.00. The molecule has 0 aliphatic rings. The highest BCUT2D eigenvalue weighted by Gasteiger charge is 2.11. The van der Waals surface area contributed by atoms with Crippen LogP contribution in [0.4, 0.5) is 0 Å². The third-order valence-corrected chi connectivity index (χ3v) is 1.46. The van der Waals surface area contributed by atoms with Crippen LogP contribution in [0.25, 0.3) is 0 Å². The van der Waals surface area contributed by atoms with Crippen molar-refractivity contribution >= 4 is 0 Å². The second-order valence-corrected chi connectivity index (χ2v) is 2.63. The molecule has 3 heteroatoms. The van der Waals surface area contributed by atoms with Crippen molar-refractivity contribution in [1.29, 1.82) is 0 Å². The van der Waals surface area contributed by atoms with E-state index in [9.17, 15) is 0 Å². The summed E-state index contributed by atoms with van der Waals surface area (Å²) in [5.41, 5.74) is 5.31. The zero-order chi connectivity index (χ0) is 8.15. The Hall–Kier alpha value is -0.120. The van der Waals surface area contributed by atoms with Gasteiger partial charge in [-0.2, -0.15) is 0 Å². The summed E-state index contributed by atoms with van der Waals surface area (Å²) < 4.78 is 5.29. The Morgan fingerprint density at radius 1 is 1.40 bits per heavy atom. The number of aliphatic hydroxyl groups excluding tert-OH is 1. The van der Waals surface area contributed by atoms with Gasteiger partial charge >= 0.3 is 0 Å². The van der Waals surface area contributed by atoms with Gasteiger partial charge < -0.3 is 15.6 Å². The van der Waals surface area contributed by atoms with Gasteiger partial charge in [-0.15, -0.1) is 0 Å². The van der Waals surface area contributed by atoms with E-state index in [1.807, 2.05) is 13.8 Å². The standard InChI is InChI=1S/C7H17NO2/c1-5(4-8)10-7(3)6(2)9/h5-7,9H,4,8H2,1-3H3. The van der Waals surface area contributed by atoms with E-state index in [0.717, 1.165) is 0 Å². The van der Waals surface area contributed by atoms with Crippen molar-refractivity contribution < 1.29 is 9.84 Å². The second-order valence-electron chi connectivity index (χ2n) is 2.63. The van der Waals surface area contributed by atoms with Crippen molar-refractivity contribution in [2.24, 2.45) is 5.73 Å².